The van der Waals surface area contributed by atoms with Crippen LogP contribution in [0.2, 0.25) is 10.0 Å². The number of hydrazone groups is 1. The van der Waals surface area contributed by atoms with E-state index in [1.54, 1.807) is 24.3 Å². The number of ether oxygens (including phenoxy) is 1. The molecule has 0 unspecified atom stereocenters. The summed E-state index contributed by atoms with van der Waals surface area (Å²) in [7, 11) is 0. The van der Waals surface area contributed by atoms with Crippen molar-refractivity contribution in [3.63, 3.8) is 0 Å². The van der Waals surface area contributed by atoms with E-state index < -0.39 is 11.7 Å². The number of hydrogen-bond donors (Lipinski definition) is 1. The van der Waals surface area contributed by atoms with Gasteiger partial charge in [-0.05, 0) is 47.5 Å². The lowest BCUT2D eigenvalue weighted by molar-refractivity contribution is -0.137. The van der Waals surface area contributed by atoms with Gasteiger partial charge in [-0.15, -0.1) is 0 Å². The van der Waals surface area contributed by atoms with Crippen LogP contribution in [0, 0.1) is 5.82 Å². The van der Waals surface area contributed by atoms with Crippen LogP contribution < -0.4 is 10.2 Å². The Morgan fingerprint density at radius 2 is 1.80 bits per heavy atom. The van der Waals surface area contributed by atoms with Gasteiger partial charge in [-0.1, -0.05) is 35.3 Å². The Kier molecular flexibility index (Phi) is 6.79. The Labute approximate surface area is 179 Å². The maximum absolute atomic E-state index is 13.2. The van der Waals surface area contributed by atoms with Crippen molar-refractivity contribution >= 4 is 35.2 Å². The molecular formula is C20H13Cl2F4N3O. The maximum Gasteiger partial charge on any atom is 0.417 e. The summed E-state index contributed by atoms with van der Waals surface area (Å²) in [5.74, 6) is -0.0153. The van der Waals surface area contributed by atoms with Crippen molar-refractivity contribution < 1.29 is 22.3 Å². The molecule has 1 N–H and O–H groups in total. The van der Waals surface area contributed by atoms with E-state index in [1.807, 2.05) is 0 Å². The first-order valence-electron chi connectivity index (χ1n) is 8.41. The quantitative estimate of drug-likeness (QED) is 0.258. The molecule has 1 aromatic heterocycles. The number of anilines is 1. The summed E-state index contributed by atoms with van der Waals surface area (Å²) in [5, 5.41) is 4.33. The molecule has 10 heteroatoms. The summed E-state index contributed by atoms with van der Waals surface area (Å²) in [6, 6.07) is 11.1. The normalized spacial score (nSPS) is 11.7. The Morgan fingerprint density at radius 3 is 2.40 bits per heavy atom. The molecule has 0 saturated heterocycles. The summed E-state index contributed by atoms with van der Waals surface area (Å²) in [6.45, 7) is 0.0752. The fourth-order valence-electron chi connectivity index (χ4n) is 2.37. The van der Waals surface area contributed by atoms with Gasteiger partial charge < -0.3 is 4.74 Å². The topological polar surface area (TPSA) is 46.5 Å². The number of nitrogens with one attached hydrogen (secondary N) is 1. The van der Waals surface area contributed by atoms with Crippen LogP contribution in [0.25, 0.3) is 0 Å². The lowest BCUT2D eigenvalue weighted by Crippen LogP contribution is -2.05. The Morgan fingerprint density at radius 1 is 1.07 bits per heavy atom. The van der Waals surface area contributed by atoms with Gasteiger partial charge in [0.1, 0.15) is 18.2 Å². The van der Waals surface area contributed by atoms with Crippen molar-refractivity contribution in [3.8, 4) is 5.75 Å². The van der Waals surface area contributed by atoms with Crippen LogP contribution in [-0.4, -0.2) is 11.2 Å². The van der Waals surface area contributed by atoms with E-state index in [4.69, 9.17) is 27.9 Å². The molecule has 0 aliphatic carbocycles. The zero-order chi connectivity index (χ0) is 21.7. The maximum atomic E-state index is 13.2. The lowest BCUT2D eigenvalue weighted by Gasteiger charge is -2.11. The monoisotopic (exact) mass is 457 g/mol. The number of hydrogen-bond acceptors (Lipinski definition) is 4. The summed E-state index contributed by atoms with van der Waals surface area (Å²) in [5.41, 5.74) is 2.79. The van der Waals surface area contributed by atoms with Crippen LogP contribution in [0.5, 0.6) is 5.75 Å². The number of aromatic nitrogens is 1. The smallest absolute Gasteiger partial charge is 0.417 e. The fraction of sp³-hybridized carbons (Fsp3) is 0.100. The minimum absolute atomic E-state index is 0.0752. The van der Waals surface area contributed by atoms with E-state index in [1.165, 1.54) is 18.3 Å². The van der Waals surface area contributed by atoms with E-state index in [0.717, 1.165) is 12.1 Å². The Bertz CT molecular complexity index is 1030. The largest absolute Gasteiger partial charge is 0.486 e. The molecule has 30 heavy (non-hydrogen) atoms. The van der Waals surface area contributed by atoms with Crippen LogP contribution >= 0.6 is 23.2 Å². The second-order valence-electron chi connectivity index (χ2n) is 6.03. The van der Waals surface area contributed by atoms with Crippen molar-refractivity contribution in [2.75, 3.05) is 5.43 Å². The first kappa shape index (κ1) is 21.9. The van der Waals surface area contributed by atoms with Gasteiger partial charge in [0.05, 0.1) is 21.8 Å². The summed E-state index contributed by atoms with van der Waals surface area (Å²) < 4.78 is 56.4. The van der Waals surface area contributed by atoms with Gasteiger partial charge in [-0.3, -0.25) is 5.43 Å². The zero-order valence-electron chi connectivity index (χ0n) is 15.1. The minimum Gasteiger partial charge on any atom is -0.486 e. The van der Waals surface area contributed by atoms with Gasteiger partial charge in [0.25, 0.3) is 0 Å². The van der Waals surface area contributed by atoms with Gasteiger partial charge in [0.15, 0.2) is 5.75 Å². The first-order valence-corrected chi connectivity index (χ1v) is 9.16. The molecule has 1 heterocycles. The predicted molar refractivity (Wildman–Crippen MR) is 108 cm³/mol. The van der Waals surface area contributed by atoms with Crippen molar-refractivity contribution in [1.82, 2.24) is 4.98 Å². The zero-order valence-corrected chi connectivity index (χ0v) is 16.6. The van der Waals surface area contributed by atoms with Crippen molar-refractivity contribution in [2.24, 2.45) is 5.10 Å². The molecule has 0 radical (unpaired) electrons. The highest BCUT2D eigenvalue weighted by atomic mass is 35.5. The van der Waals surface area contributed by atoms with Crippen LogP contribution in [0.4, 0.5) is 23.4 Å². The van der Waals surface area contributed by atoms with E-state index in [9.17, 15) is 17.6 Å². The molecular weight excluding hydrogens is 445 g/mol. The van der Waals surface area contributed by atoms with Crippen molar-refractivity contribution in [2.45, 2.75) is 12.8 Å². The van der Waals surface area contributed by atoms with Crippen LogP contribution in [-0.2, 0) is 12.8 Å². The molecule has 0 atom stereocenters. The van der Waals surface area contributed by atoms with Crippen LogP contribution in [0.3, 0.4) is 0 Å². The third-order valence-corrected chi connectivity index (χ3v) is 4.34. The highest BCUT2D eigenvalue weighted by molar-refractivity contribution is 6.37. The van der Waals surface area contributed by atoms with E-state index in [0.29, 0.717) is 17.3 Å². The number of alkyl halides is 3. The summed E-state index contributed by atoms with van der Waals surface area (Å²) in [6.07, 6.45) is -2.38. The van der Waals surface area contributed by atoms with Gasteiger partial charge in [-0.25, -0.2) is 9.37 Å². The summed E-state index contributed by atoms with van der Waals surface area (Å²) >= 11 is 12.4. The lowest BCUT2D eigenvalue weighted by atomic mass is 10.2. The minimum atomic E-state index is -4.46. The number of halogens is 6. The molecule has 0 saturated carbocycles. The van der Waals surface area contributed by atoms with Gasteiger partial charge in [0, 0.05) is 6.20 Å². The van der Waals surface area contributed by atoms with E-state index >= 15 is 0 Å². The van der Waals surface area contributed by atoms with Crippen LogP contribution in [0.15, 0.2) is 59.8 Å². The van der Waals surface area contributed by atoms with Crippen molar-refractivity contribution in [1.29, 1.82) is 0 Å². The molecule has 0 fully saturated rings. The fourth-order valence-corrected chi connectivity index (χ4v) is 2.99. The second kappa shape index (κ2) is 9.32. The van der Waals surface area contributed by atoms with E-state index in [-0.39, 0.29) is 34.0 Å². The Balaban J connectivity index is 1.64. The van der Waals surface area contributed by atoms with Crippen LogP contribution in [0.1, 0.15) is 16.7 Å². The molecule has 156 valence electrons. The standard InChI is InChI=1S/C20H13Cl2F4N3O/c21-16-7-13(9-28-29-18-5-4-14(10-27-18)20(24,25)26)8-17(22)19(16)30-11-12-2-1-3-15(23)6-12/h1-10H,11H2,(H,27,29)/b28-9-. The predicted octanol–water partition coefficient (Wildman–Crippen LogP) is 6.57. The highest BCUT2D eigenvalue weighted by Gasteiger charge is 2.30. The summed E-state index contributed by atoms with van der Waals surface area (Å²) in [4.78, 5) is 3.64. The first-order chi connectivity index (χ1) is 14.2. The average Bonchev–Trinajstić information content (AvgIpc) is 2.67. The number of rotatable bonds is 6. The molecule has 0 spiro atoms. The number of pyridine rings is 1. The molecule has 0 amide bonds. The molecule has 0 aliphatic heterocycles. The Hall–Kier alpha value is -2.84. The molecule has 3 rings (SSSR count). The second-order valence-corrected chi connectivity index (χ2v) is 6.85. The van der Waals surface area contributed by atoms with E-state index in [2.05, 4.69) is 15.5 Å². The SMILES string of the molecule is Fc1cccc(COc2c(Cl)cc(/C=N\Nc3ccc(C(F)(F)F)cn3)cc2Cl)c1. The van der Waals surface area contributed by atoms with Gasteiger partial charge >= 0.3 is 6.18 Å². The average molecular weight is 458 g/mol. The molecule has 0 bridgehead atoms. The highest BCUT2D eigenvalue weighted by Crippen LogP contribution is 2.34. The third-order valence-electron chi connectivity index (χ3n) is 3.78. The third kappa shape index (κ3) is 5.84. The molecule has 2 aromatic carbocycles. The van der Waals surface area contributed by atoms with Gasteiger partial charge in [0.2, 0.25) is 0 Å². The molecule has 0 aliphatic rings. The van der Waals surface area contributed by atoms with Gasteiger partial charge in [-0.2, -0.15) is 18.3 Å². The van der Waals surface area contributed by atoms with Crippen molar-refractivity contribution in [3.05, 3.63) is 87.3 Å². The molecule has 3 aromatic rings. The number of nitrogens with zero attached hydrogens (tertiary/aromatic N) is 2. The molecule has 4 nitrogen and oxygen atoms in total. The number of benzene rings is 2.